The molecule has 0 radical (unpaired) electrons. The largest absolute Gasteiger partial charge is 0.310 e. The summed E-state index contributed by atoms with van der Waals surface area (Å²) >= 11 is 2.04. The molecule has 1 aliphatic carbocycles. The molecule has 0 aromatic heterocycles. The summed E-state index contributed by atoms with van der Waals surface area (Å²) in [5.41, 5.74) is 2.02. The number of fused-ring (bicyclic) bond motifs is 1. The molecule has 1 fully saturated rings. The van der Waals surface area contributed by atoms with Crippen LogP contribution in [0.25, 0.3) is 0 Å². The van der Waals surface area contributed by atoms with Gasteiger partial charge in [-0.15, -0.1) is 11.8 Å². The highest BCUT2D eigenvalue weighted by Crippen LogP contribution is 2.38. The molecule has 1 aliphatic heterocycles. The Bertz CT molecular complexity index is 346. The highest BCUT2D eigenvalue weighted by molar-refractivity contribution is 8.00. The van der Waals surface area contributed by atoms with Gasteiger partial charge in [0, 0.05) is 22.2 Å². The van der Waals surface area contributed by atoms with Crippen LogP contribution in [0.1, 0.15) is 25.3 Å². The van der Waals surface area contributed by atoms with E-state index in [9.17, 15) is 0 Å². The molecule has 3 rings (SSSR count). The molecular formula is C13H17NS. The molecule has 1 saturated carbocycles. The molecule has 1 nitrogen and oxygen atoms in total. The first-order valence-corrected chi connectivity index (χ1v) is 6.63. The van der Waals surface area contributed by atoms with Crippen LogP contribution in [0.4, 0.5) is 0 Å². The van der Waals surface area contributed by atoms with Gasteiger partial charge < -0.3 is 5.32 Å². The molecule has 15 heavy (non-hydrogen) atoms. The highest BCUT2D eigenvalue weighted by Gasteiger charge is 2.37. The molecule has 1 atom stereocenters. The zero-order valence-corrected chi connectivity index (χ0v) is 9.94. The van der Waals surface area contributed by atoms with Gasteiger partial charge in [0.2, 0.25) is 0 Å². The van der Waals surface area contributed by atoms with Crippen molar-refractivity contribution >= 4 is 11.8 Å². The first-order valence-electron chi connectivity index (χ1n) is 5.75. The van der Waals surface area contributed by atoms with Crippen LogP contribution in [0, 0.1) is 0 Å². The van der Waals surface area contributed by atoms with Gasteiger partial charge in [0.05, 0.1) is 0 Å². The molecule has 0 saturated heterocycles. The average molecular weight is 219 g/mol. The number of hydrogen-bond donors (Lipinski definition) is 1. The Balaban J connectivity index is 1.59. The monoisotopic (exact) mass is 219 g/mol. The van der Waals surface area contributed by atoms with Gasteiger partial charge in [-0.05, 0) is 37.8 Å². The molecule has 0 spiro atoms. The fourth-order valence-electron chi connectivity index (χ4n) is 2.09. The van der Waals surface area contributed by atoms with Crippen LogP contribution in [0.3, 0.4) is 0 Å². The van der Waals surface area contributed by atoms with Gasteiger partial charge >= 0.3 is 0 Å². The second-order valence-corrected chi connectivity index (χ2v) is 6.34. The van der Waals surface area contributed by atoms with E-state index in [0.717, 1.165) is 11.8 Å². The lowest BCUT2D eigenvalue weighted by Crippen LogP contribution is -2.33. The van der Waals surface area contributed by atoms with E-state index in [1.165, 1.54) is 29.7 Å². The first-order chi connectivity index (χ1) is 7.25. The van der Waals surface area contributed by atoms with Gasteiger partial charge in [-0.1, -0.05) is 18.2 Å². The first kappa shape index (κ1) is 9.73. The van der Waals surface area contributed by atoms with E-state index >= 15 is 0 Å². The fourth-order valence-corrected chi connectivity index (χ4v) is 3.34. The number of rotatable bonds is 3. The summed E-state index contributed by atoms with van der Waals surface area (Å²) in [5.74, 6) is 0. The van der Waals surface area contributed by atoms with Gasteiger partial charge in [0.25, 0.3) is 0 Å². The molecule has 2 heteroatoms. The molecule has 0 bridgehead atoms. The van der Waals surface area contributed by atoms with Crippen molar-refractivity contribution in [2.45, 2.75) is 41.9 Å². The second kappa shape index (κ2) is 3.53. The molecule has 0 amide bonds. The topological polar surface area (TPSA) is 12.0 Å². The van der Waals surface area contributed by atoms with E-state index in [4.69, 9.17) is 0 Å². The normalized spacial score (nSPS) is 26.3. The van der Waals surface area contributed by atoms with Crippen molar-refractivity contribution in [3.8, 4) is 0 Å². The Morgan fingerprint density at radius 2 is 2.20 bits per heavy atom. The zero-order valence-electron chi connectivity index (χ0n) is 9.12. The van der Waals surface area contributed by atoms with Crippen molar-refractivity contribution in [1.29, 1.82) is 0 Å². The third-order valence-electron chi connectivity index (χ3n) is 3.47. The quantitative estimate of drug-likeness (QED) is 0.839. The van der Waals surface area contributed by atoms with Crippen molar-refractivity contribution in [2.75, 3.05) is 6.54 Å². The van der Waals surface area contributed by atoms with Crippen molar-refractivity contribution in [3.05, 3.63) is 29.8 Å². The minimum Gasteiger partial charge on any atom is -0.310 e. The van der Waals surface area contributed by atoms with E-state index in [1.54, 1.807) is 0 Å². The Morgan fingerprint density at radius 1 is 1.40 bits per heavy atom. The van der Waals surface area contributed by atoms with E-state index in [0.29, 0.717) is 5.54 Å². The number of nitrogens with one attached hydrogen (secondary N) is 1. The standard InChI is InChI=1S/C13H17NS/c1-13(6-7-13)14-9-11-8-10-4-2-3-5-12(10)15-11/h2-5,11,14H,6-9H2,1H3. The van der Waals surface area contributed by atoms with Gasteiger partial charge in [0.15, 0.2) is 0 Å². The van der Waals surface area contributed by atoms with E-state index in [-0.39, 0.29) is 0 Å². The molecule has 2 aliphatic rings. The second-order valence-electron chi connectivity index (χ2n) is 4.99. The molecule has 80 valence electrons. The molecular weight excluding hydrogens is 202 g/mol. The van der Waals surface area contributed by atoms with Crippen molar-refractivity contribution in [3.63, 3.8) is 0 Å². The summed E-state index contributed by atoms with van der Waals surface area (Å²) in [7, 11) is 0. The van der Waals surface area contributed by atoms with Crippen LogP contribution in [0.15, 0.2) is 29.2 Å². The lowest BCUT2D eigenvalue weighted by atomic mass is 10.1. The lowest BCUT2D eigenvalue weighted by molar-refractivity contribution is 0.533. The molecule has 1 N–H and O–H groups in total. The third kappa shape index (κ3) is 2.06. The van der Waals surface area contributed by atoms with Crippen LogP contribution in [0.5, 0.6) is 0 Å². The fraction of sp³-hybridized carbons (Fsp3) is 0.538. The summed E-state index contributed by atoms with van der Waals surface area (Å²) in [4.78, 5) is 1.49. The van der Waals surface area contributed by atoms with E-state index in [2.05, 4.69) is 36.5 Å². The van der Waals surface area contributed by atoms with E-state index < -0.39 is 0 Å². The predicted octanol–water partition coefficient (Wildman–Crippen LogP) is 2.85. The van der Waals surface area contributed by atoms with Crippen LogP contribution < -0.4 is 5.32 Å². The van der Waals surface area contributed by atoms with Gasteiger partial charge in [-0.2, -0.15) is 0 Å². The van der Waals surface area contributed by atoms with Gasteiger partial charge in [0.1, 0.15) is 0 Å². The lowest BCUT2D eigenvalue weighted by Gasteiger charge is -2.14. The summed E-state index contributed by atoms with van der Waals surface area (Å²) in [5, 5.41) is 4.44. The summed E-state index contributed by atoms with van der Waals surface area (Å²) in [6.45, 7) is 3.50. The summed E-state index contributed by atoms with van der Waals surface area (Å²) < 4.78 is 0. The van der Waals surface area contributed by atoms with Crippen molar-refractivity contribution in [1.82, 2.24) is 5.32 Å². The smallest absolute Gasteiger partial charge is 0.0260 e. The van der Waals surface area contributed by atoms with Crippen LogP contribution in [0.2, 0.25) is 0 Å². The van der Waals surface area contributed by atoms with Crippen LogP contribution in [-0.2, 0) is 6.42 Å². The molecule has 1 aromatic rings. The highest BCUT2D eigenvalue weighted by atomic mass is 32.2. The Labute approximate surface area is 95.6 Å². The minimum atomic E-state index is 0.481. The maximum Gasteiger partial charge on any atom is 0.0260 e. The molecule has 1 aromatic carbocycles. The Hall–Kier alpha value is -0.470. The predicted molar refractivity (Wildman–Crippen MR) is 65.4 cm³/mol. The van der Waals surface area contributed by atoms with Gasteiger partial charge in [-0.3, -0.25) is 0 Å². The molecule has 1 unspecified atom stereocenters. The molecule has 1 heterocycles. The maximum atomic E-state index is 3.69. The van der Waals surface area contributed by atoms with Crippen molar-refractivity contribution in [2.24, 2.45) is 0 Å². The third-order valence-corrected chi connectivity index (χ3v) is 4.79. The Morgan fingerprint density at radius 3 is 2.93 bits per heavy atom. The average Bonchev–Trinajstić information content (AvgIpc) is 2.83. The number of hydrogen-bond acceptors (Lipinski definition) is 2. The van der Waals surface area contributed by atoms with Crippen molar-refractivity contribution < 1.29 is 0 Å². The van der Waals surface area contributed by atoms with Crippen LogP contribution in [-0.4, -0.2) is 17.3 Å². The van der Waals surface area contributed by atoms with Gasteiger partial charge in [-0.25, -0.2) is 0 Å². The number of benzene rings is 1. The summed E-state index contributed by atoms with van der Waals surface area (Å²) in [6.07, 6.45) is 3.96. The summed E-state index contributed by atoms with van der Waals surface area (Å²) in [6, 6.07) is 8.81. The number of thioether (sulfide) groups is 1. The SMILES string of the molecule is CC1(NCC2Cc3ccccc3S2)CC1. The van der Waals surface area contributed by atoms with Crippen LogP contribution >= 0.6 is 11.8 Å². The zero-order chi connectivity index (χ0) is 10.3. The minimum absolute atomic E-state index is 0.481. The maximum absolute atomic E-state index is 3.69. The Kier molecular flexibility index (Phi) is 2.29. The van der Waals surface area contributed by atoms with E-state index in [1.807, 2.05) is 11.8 Å².